The zero-order valence-electron chi connectivity index (χ0n) is 43.1. The van der Waals surface area contributed by atoms with Gasteiger partial charge in [-0.3, -0.25) is 0 Å². The van der Waals surface area contributed by atoms with Crippen LogP contribution in [0.3, 0.4) is 0 Å². The van der Waals surface area contributed by atoms with Gasteiger partial charge in [-0.25, -0.2) is 0 Å². The first-order valence-electron chi connectivity index (χ1n) is 26.8. The van der Waals surface area contributed by atoms with Gasteiger partial charge in [0.1, 0.15) is 12.2 Å². The highest BCUT2D eigenvalue weighted by molar-refractivity contribution is 9.11. The number of fused-ring (bicyclic) bond motifs is 4. The number of tetrazole rings is 2. The Kier molecular flexibility index (Phi) is 14.7. The zero-order valence-corrected chi connectivity index (χ0v) is 46.3. The molecule has 0 bridgehead atoms. The van der Waals surface area contributed by atoms with Crippen LogP contribution in [0.2, 0.25) is 0 Å². The molecule has 0 fully saturated rings. The Morgan fingerprint density at radius 3 is 1.31 bits per heavy atom. The van der Waals surface area contributed by atoms with Gasteiger partial charge in [0.25, 0.3) is 0 Å². The molecule has 2 N–H and O–H groups in total. The normalized spacial score (nSPS) is 12.6. The Bertz CT molecular complexity index is 3730. The molecule has 4 aromatic heterocycles. The van der Waals surface area contributed by atoms with Gasteiger partial charge in [-0.1, -0.05) is 196 Å². The second-order valence-corrected chi connectivity index (χ2v) is 21.6. The fourth-order valence-corrected chi connectivity index (χ4v) is 12.8. The summed E-state index contributed by atoms with van der Waals surface area (Å²) in [5.74, 6) is 0.721. The van der Waals surface area contributed by atoms with E-state index < -0.39 is 12.2 Å². The fraction of sp³-hybridized carbons (Fsp3) is 0.219. The van der Waals surface area contributed by atoms with Crippen molar-refractivity contribution in [2.24, 2.45) is 0 Å². The minimum absolute atomic E-state index is 0.361. The molecule has 13 heteroatoms. The standard InChI is InChI=1S/C64H58Br2N10O/c1-3-5-9-25-51-49-23-15-17-27-55(49)75(39-41-19-11-7-12-20-41)59(51)45-31-33-47-43(37-45)29-35-53(57(47)65)61(63-67-71-72-68-63)77-62(64-69-73-74-70-64)54-36-30-44-38-46(32-34-48(44)58(54)66)60-52(26-10-6-4-2)50-24-16-18-28-56(50)76(60)40-42-21-13-8-14-22-42/h7-8,11-24,27-38,61-62H,3-6,9-10,25-26,39-40H2,1-2H3,(H,67,68,71,72)(H,69,70,73,74). The predicted octanol–water partition coefficient (Wildman–Crippen LogP) is 16.2. The van der Waals surface area contributed by atoms with Crippen LogP contribution < -0.4 is 0 Å². The maximum absolute atomic E-state index is 7.26. The highest BCUT2D eigenvalue weighted by Gasteiger charge is 2.32. The number of nitrogens with one attached hydrogen (secondary N) is 2. The van der Waals surface area contributed by atoms with Crippen LogP contribution in [-0.4, -0.2) is 50.4 Å². The lowest BCUT2D eigenvalue weighted by Crippen LogP contribution is -2.17. The number of hydrogen-bond acceptors (Lipinski definition) is 7. The molecule has 11 nitrogen and oxygen atoms in total. The number of aromatic amines is 2. The number of aryl methyl sites for hydroxylation is 2. The van der Waals surface area contributed by atoms with E-state index in [9.17, 15) is 0 Å². The number of hydrogen-bond donors (Lipinski definition) is 2. The van der Waals surface area contributed by atoms with E-state index in [0.29, 0.717) is 11.6 Å². The van der Waals surface area contributed by atoms with Gasteiger partial charge in [0, 0.05) is 55.0 Å². The van der Waals surface area contributed by atoms with Crippen LogP contribution in [0.15, 0.2) is 179 Å². The van der Waals surface area contributed by atoms with Gasteiger partial charge in [-0.2, -0.15) is 10.4 Å². The van der Waals surface area contributed by atoms with E-state index in [-0.39, 0.29) is 0 Å². The van der Waals surface area contributed by atoms with Crippen LogP contribution in [0.1, 0.15) is 110 Å². The number of H-pyrrole nitrogens is 2. The van der Waals surface area contributed by atoms with Gasteiger partial charge in [-0.05, 0) is 137 Å². The van der Waals surface area contributed by atoms with E-state index in [1.807, 2.05) is 0 Å². The summed E-state index contributed by atoms with van der Waals surface area (Å²) in [5.41, 5.74) is 14.3. The first-order valence-corrected chi connectivity index (χ1v) is 28.4. The lowest BCUT2D eigenvalue weighted by atomic mass is 9.96. The van der Waals surface area contributed by atoms with Crippen molar-refractivity contribution in [3.63, 3.8) is 0 Å². The summed E-state index contributed by atoms with van der Waals surface area (Å²) in [6.07, 6.45) is 7.36. The third kappa shape index (κ3) is 9.92. The van der Waals surface area contributed by atoms with Gasteiger partial charge < -0.3 is 13.9 Å². The molecule has 0 aliphatic rings. The number of benzene rings is 8. The SMILES string of the molecule is CCCCCc1c(-c2ccc3c(Br)c(C(OC(c4nn[nH]n4)c4ccc5cc(-c6c(CCCCC)c7ccccc7n6Cc6ccccc6)ccc5c4Br)c4nn[nH]n4)ccc3c2)n(Cc2ccccc2)c2ccccc12. The molecule has 8 aromatic carbocycles. The van der Waals surface area contributed by atoms with Gasteiger partial charge in [-0.15, -0.1) is 20.4 Å². The van der Waals surface area contributed by atoms with Crippen LogP contribution in [0.4, 0.5) is 0 Å². The average Bonchev–Trinajstić information content (AvgIpc) is 4.31. The molecule has 0 amide bonds. The van der Waals surface area contributed by atoms with E-state index in [1.54, 1.807) is 0 Å². The van der Waals surface area contributed by atoms with Crippen LogP contribution >= 0.6 is 31.9 Å². The van der Waals surface area contributed by atoms with E-state index >= 15 is 0 Å². The Labute approximate surface area is 464 Å². The van der Waals surface area contributed by atoms with E-state index in [1.165, 1.54) is 92.3 Å². The van der Waals surface area contributed by atoms with Crippen molar-refractivity contribution in [2.45, 2.75) is 90.5 Å². The molecular formula is C64H58Br2N10O. The summed E-state index contributed by atoms with van der Waals surface area (Å²) in [6, 6.07) is 61.4. The van der Waals surface area contributed by atoms with Crippen molar-refractivity contribution >= 4 is 75.2 Å². The minimum Gasteiger partial charge on any atom is -0.349 e. The maximum atomic E-state index is 7.26. The summed E-state index contributed by atoms with van der Waals surface area (Å²) in [7, 11) is 0. The molecule has 2 unspecified atom stereocenters. The first-order chi connectivity index (χ1) is 38.0. The van der Waals surface area contributed by atoms with Gasteiger partial charge in [0.05, 0.1) is 11.4 Å². The van der Waals surface area contributed by atoms with Gasteiger partial charge in [0.2, 0.25) is 11.6 Å². The molecule has 2 atom stereocenters. The fourth-order valence-electron chi connectivity index (χ4n) is 11.4. The molecule has 0 aliphatic heterocycles. The molecule has 77 heavy (non-hydrogen) atoms. The van der Waals surface area contributed by atoms with E-state index in [4.69, 9.17) is 4.74 Å². The van der Waals surface area contributed by atoms with Crippen molar-refractivity contribution in [1.82, 2.24) is 50.4 Å². The number of para-hydroxylation sites is 2. The molecule has 0 radical (unpaired) electrons. The van der Waals surface area contributed by atoms with Crippen LogP contribution in [0, 0.1) is 0 Å². The average molecular weight is 1140 g/mol. The number of ether oxygens (including phenoxy) is 1. The summed E-state index contributed by atoms with van der Waals surface area (Å²) in [5, 5.41) is 38.3. The highest BCUT2D eigenvalue weighted by Crippen LogP contribution is 2.45. The minimum atomic E-state index is -0.808. The molecule has 0 saturated carbocycles. The Balaban J connectivity index is 0.925. The van der Waals surface area contributed by atoms with Gasteiger partial charge >= 0.3 is 0 Å². The summed E-state index contributed by atoms with van der Waals surface area (Å²) < 4.78 is 14.0. The second kappa shape index (κ2) is 22.6. The van der Waals surface area contributed by atoms with E-state index in [0.717, 1.165) is 80.4 Å². The number of rotatable bonds is 20. The van der Waals surface area contributed by atoms with Crippen LogP contribution in [-0.2, 0) is 30.7 Å². The third-order valence-corrected chi connectivity index (χ3v) is 16.9. The first kappa shape index (κ1) is 50.2. The molecule has 12 rings (SSSR count). The van der Waals surface area contributed by atoms with Gasteiger partial charge in [0.15, 0.2) is 0 Å². The Hall–Kier alpha value is -7.58. The van der Waals surface area contributed by atoms with Crippen molar-refractivity contribution in [3.8, 4) is 22.5 Å². The second-order valence-electron chi connectivity index (χ2n) is 20.0. The zero-order chi connectivity index (χ0) is 52.2. The predicted molar refractivity (Wildman–Crippen MR) is 316 cm³/mol. The number of unbranched alkanes of at least 4 members (excludes halogenated alkanes) is 4. The molecule has 12 aromatic rings. The van der Waals surface area contributed by atoms with E-state index in [2.05, 4.69) is 266 Å². The number of halogens is 2. The molecular weight excluding hydrogens is 1080 g/mol. The Morgan fingerprint density at radius 1 is 0.468 bits per heavy atom. The summed E-state index contributed by atoms with van der Waals surface area (Å²) >= 11 is 8.17. The monoisotopic (exact) mass is 1140 g/mol. The summed E-state index contributed by atoms with van der Waals surface area (Å²) in [6.45, 7) is 6.08. The topological polar surface area (TPSA) is 128 Å². The van der Waals surface area contributed by atoms with Crippen molar-refractivity contribution < 1.29 is 4.74 Å². The number of aromatic nitrogens is 10. The van der Waals surface area contributed by atoms with Crippen LogP contribution in [0.5, 0.6) is 0 Å². The summed E-state index contributed by atoms with van der Waals surface area (Å²) in [4.78, 5) is 0. The smallest absolute Gasteiger partial charge is 0.207 e. The van der Waals surface area contributed by atoms with Crippen LogP contribution in [0.25, 0.3) is 65.9 Å². The quantitative estimate of drug-likeness (QED) is 0.0728. The van der Waals surface area contributed by atoms with Crippen molar-refractivity contribution in [1.29, 1.82) is 0 Å². The third-order valence-electron chi connectivity index (χ3n) is 15.1. The molecule has 0 saturated heterocycles. The Morgan fingerprint density at radius 2 is 0.896 bits per heavy atom. The lowest BCUT2D eigenvalue weighted by molar-refractivity contribution is 0.0206. The lowest BCUT2D eigenvalue weighted by Gasteiger charge is -2.24. The maximum Gasteiger partial charge on any atom is 0.207 e. The van der Waals surface area contributed by atoms with Crippen molar-refractivity contribution in [2.75, 3.05) is 0 Å². The highest BCUT2D eigenvalue weighted by atomic mass is 79.9. The molecule has 0 aliphatic carbocycles. The molecule has 0 spiro atoms. The number of nitrogens with zero attached hydrogens (tertiary/aromatic N) is 8. The van der Waals surface area contributed by atoms with Crippen molar-refractivity contribution in [3.05, 3.63) is 224 Å². The largest absolute Gasteiger partial charge is 0.349 e. The molecule has 384 valence electrons. The molecule has 4 heterocycles.